The molecule has 9 nitrogen and oxygen atoms in total. The summed E-state index contributed by atoms with van der Waals surface area (Å²) in [5.74, 6) is -1.60. The summed E-state index contributed by atoms with van der Waals surface area (Å²) >= 11 is 0. The highest BCUT2D eigenvalue weighted by Crippen LogP contribution is 2.03. The van der Waals surface area contributed by atoms with Crippen LogP contribution in [0.1, 0.15) is 12.8 Å². The average molecular weight is 322 g/mol. The van der Waals surface area contributed by atoms with Gasteiger partial charge in [-0.1, -0.05) is 0 Å². The van der Waals surface area contributed by atoms with E-state index in [1.165, 1.54) is 0 Å². The minimum Gasteiger partial charge on any atom is -0.479 e. The van der Waals surface area contributed by atoms with Gasteiger partial charge in [0.25, 0.3) is 0 Å². The summed E-state index contributed by atoms with van der Waals surface area (Å²) < 4.78 is 20.3. The van der Waals surface area contributed by atoms with Crippen LogP contribution >= 0.6 is 0 Å². The molecule has 9 heteroatoms. The number of rotatable bonds is 15. The maximum absolute atomic E-state index is 11.4. The molecule has 5 N–H and O–H groups in total. The average Bonchev–Trinajstić information content (AvgIpc) is 2.47. The summed E-state index contributed by atoms with van der Waals surface area (Å²) in [6, 6.07) is 0. The standard InChI is InChI=1S/C13H26N2O7/c1-19-4-5-20-6-7-21-8-9-22-10-11(16)2-3-13(14,15)12(17)18/h2-10,14-15H2,1H3,(H,17,18). The highest BCUT2D eigenvalue weighted by atomic mass is 16.6. The van der Waals surface area contributed by atoms with E-state index in [0.29, 0.717) is 33.0 Å². The monoisotopic (exact) mass is 322 g/mol. The number of Topliss-reactive ketones (excluding diaryl/α,β-unsaturated/α-hetero) is 1. The number of hydrogen-bond donors (Lipinski definition) is 3. The van der Waals surface area contributed by atoms with Gasteiger partial charge in [-0.15, -0.1) is 0 Å². The maximum atomic E-state index is 11.4. The topological polar surface area (TPSA) is 143 Å². The Morgan fingerprint density at radius 3 is 1.95 bits per heavy atom. The van der Waals surface area contributed by atoms with Crippen LogP contribution in [0.5, 0.6) is 0 Å². The minimum absolute atomic E-state index is 0.0481. The molecule has 0 rings (SSSR count). The van der Waals surface area contributed by atoms with E-state index in [4.69, 9.17) is 35.5 Å². The molecule has 22 heavy (non-hydrogen) atoms. The molecule has 0 aliphatic heterocycles. The van der Waals surface area contributed by atoms with E-state index in [2.05, 4.69) is 0 Å². The molecular weight excluding hydrogens is 296 g/mol. The highest BCUT2D eigenvalue weighted by molar-refractivity contribution is 5.82. The second-order valence-corrected chi connectivity index (χ2v) is 4.65. The number of hydrogen-bond acceptors (Lipinski definition) is 8. The van der Waals surface area contributed by atoms with Crippen molar-refractivity contribution in [1.82, 2.24) is 0 Å². The van der Waals surface area contributed by atoms with Crippen LogP contribution in [-0.2, 0) is 28.5 Å². The van der Waals surface area contributed by atoms with Gasteiger partial charge in [-0.25, -0.2) is 4.79 Å². The summed E-state index contributed by atoms with van der Waals surface area (Å²) in [5, 5.41) is 8.69. The van der Waals surface area contributed by atoms with Gasteiger partial charge in [0.05, 0.1) is 39.6 Å². The summed E-state index contributed by atoms with van der Waals surface area (Å²) in [4.78, 5) is 22.1. The number of carbonyl (C=O) groups excluding carboxylic acids is 1. The Hall–Kier alpha value is -1.10. The van der Waals surface area contributed by atoms with Gasteiger partial charge in [-0.2, -0.15) is 0 Å². The zero-order chi connectivity index (χ0) is 16.8. The van der Waals surface area contributed by atoms with Crippen molar-refractivity contribution in [3.05, 3.63) is 0 Å². The molecule has 0 atom stereocenters. The lowest BCUT2D eigenvalue weighted by atomic mass is 10.0. The molecular formula is C13H26N2O7. The number of ketones is 1. The van der Waals surface area contributed by atoms with Gasteiger partial charge in [0.15, 0.2) is 11.4 Å². The zero-order valence-electron chi connectivity index (χ0n) is 12.9. The first-order chi connectivity index (χ1) is 10.4. The molecule has 0 spiro atoms. The van der Waals surface area contributed by atoms with Crippen molar-refractivity contribution >= 4 is 11.8 Å². The smallest absolute Gasteiger partial charge is 0.338 e. The Balaban J connectivity index is 3.41. The van der Waals surface area contributed by atoms with Gasteiger partial charge in [-0.3, -0.25) is 4.79 Å². The molecule has 0 amide bonds. The van der Waals surface area contributed by atoms with Gasteiger partial charge >= 0.3 is 5.97 Å². The molecule has 0 aliphatic carbocycles. The third-order valence-electron chi connectivity index (χ3n) is 2.65. The molecule has 130 valence electrons. The number of carboxylic acid groups (broad SMARTS) is 1. The Morgan fingerprint density at radius 1 is 0.955 bits per heavy atom. The van der Waals surface area contributed by atoms with Crippen LogP contribution < -0.4 is 11.5 Å². The Labute approximate surface area is 129 Å². The molecule has 0 heterocycles. The van der Waals surface area contributed by atoms with Crippen molar-refractivity contribution in [2.45, 2.75) is 18.5 Å². The molecule has 0 saturated carbocycles. The van der Waals surface area contributed by atoms with E-state index < -0.39 is 11.6 Å². The van der Waals surface area contributed by atoms with Gasteiger partial charge in [0.2, 0.25) is 0 Å². The third-order valence-corrected chi connectivity index (χ3v) is 2.65. The largest absolute Gasteiger partial charge is 0.479 e. The Bertz CT molecular complexity index is 324. The Morgan fingerprint density at radius 2 is 1.45 bits per heavy atom. The first kappa shape index (κ1) is 20.9. The number of nitrogens with two attached hydrogens (primary N) is 2. The summed E-state index contributed by atoms with van der Waals surface area (Å²) in [6.45, 7) is 2.44. The van der Waals surface area contributed by atoms with E-state index in [1.54, 1.807) is 7.11 Å². The minimum atomic E-state index is -1.89. The number of carbonyl (C=O) groups is 2. The van der Waals surface area contributed by atoms with Crippen molar-refractivity contribution in [3.8, 4) is 0 Å². The normalized spacial score (nSPS) is 11.6. The quantitative estimate of drug-likeness (QED) is 0.248. The van der Waals surface area contributed by atoms with Gasteiger partial charge in [0, 0.05) is 13.5 Å². The fourth-order valence-electron chi connectivity index (χ4n) is 1.29. The number of ether oxygens (including phenoxy) is 4. The number of methoxy groups -OCH3 is 1. The predicted molar refractivity (Wildman–Crippen MR) is 77.3 cm³/mol. The number of carboxylic acids is 1. The van der Waals surface area contributed by atoms with Crippen LogP contribution in [0.25, 0.3) is 0 Å². The third kappa shape index (κ3) is 11.5. The molecule has 0 bridgehead atoms. The van der Waals surface area contributed by atoms with Crippen molar-refractivity contribution < 1.29 is 33.6 Å². The van der Waals surface area contributed by atoms with Gasteiger partial charge in [0.1, 0.15) is 6.61 Å². The van der Waals surface area contributed by atoms with E-state index in [0.717, 1.165) is 0 Å². The first-order valence-electron chi connectivity index (χ1n) is 6.95. The maximum Gasteiger partial charge on any atom is 0.338 e. The fourth-order valence-corrected chi connectivity index (χ4v) is 1.29. The first-order valence-corrected chi connectivity index (χ1v) is 6.95. The lowest BCUT2D eigenvalue weighted by Gasteiger charge is -2.18. The highest BCUT2D eigenvalue weighted by Gasteiger charge is 2.28. The lowest BCUT2D eigenvalue weighted by Crippen LogP contribution is -2.56. The SMILES string of the molecule is COCCOCCOCCOCC(=O)CCC(N)(N)C(=O)O. The molecule has 0 fully saturated rings. The molecule has 0 aromatic carbocycles. The second kappa shape index (κ2) is 12.4. The molecule has 0 unspecified atom stereocenters. The van der Waals surface area contributed by atoms with Crippen LogP contribution in [-0.4, -0.2) is 75.9 Å². The summed E-state index contributed by atoms with van der Waals surface area (Å²) in [6.07, 6.45) is -0.187. The molecule has 0 saturated heterocycles. The van der Waals surface area contributed by atoms with Gasteiger partial charge in [-0.05, 0) is 6.42 Å². The summed E-state index contributed by atoms with van der Waals surface area (Å²) in [7, 11) is 1.60. The van der Waals surface area contributed by atoms with Crippen molar-refractivity contribution in [1.29, 1.82) is 0 Å². The second-order valence-electron chi connectivity index (χ2n) is 4.65. The van der Waals surface area contributed by atoms with Crippen LogP contribution in [0.3, 0.4) is 0 Å². The predicted octanol–water partition coefficient (Wildman–Crippen LogP) is -1.27. The Kier molecular flexibility index (Phi) is 11.8. The van der Waals surface area contributed by atoms with Crippen molar-refractivity contribution in [2.75, 3.05) is 53.4 Å². The van der Waals surface area contributed by atoms with Crippen LogP contribution in [0.4, 0.5) is 0 Å². The van der Waals surface area contributed by atoms with E-state index >= 15 is 0 Å². The fraction of sp³-hybridized carbons (Fsp3) is 0.846. The number of aliphatic carboxylic acids is 1. The summed E-state index contributed by atoms with van der Waals surface area (Å²) in [5.41, 5.74) is 8.73. The zero-order valence-corrected chi connectivity index (χ0v) is 12.9. The van der Waals surface area contributed by atoms with Crippen molar-refractivity contribution in [3.63, 3.8) is 0 Å². The van der Waals surface area contributed by atoms with Crippen LogP contribution in [0.2, 0.25) is 0 Å². The van der Waals surface area contributed by atoms with Gasteiger partial charge < -0.3 is 35.5 Å². The van der Waals surface area contributed by atoms with E-state index in [9.17, 15) is 9.59 Å². The van der Waals surface area contributed by atoms with Crippen LogP contribution in [0, 0.1) is 0 Å². The molecule has 0 aliphatic rings. The van der Waals surface area contributed by atoms with Crippen LogP contribution in [0.15, 0.2) is 0 Å². The molecule has 0 aromatic rings. The molecule has 0 radical (unpaired) electrons. The molecule has 0 aromatic heterocycles. The van der Waals surface area contributed by atoms with Crippen molar-refractivity contribution in [2.24, 2.45) is 11.5 Å². The lowest BCUT2D eigenvalue weighted by molar-refractivity contribution is -0.143. The van der Waals surface area contributed by atoms with E-state index in [-0.39, 0.29) is 31.8 Å². The van der Waals surface area contributed by atoms with E-state index in [1.807, 2.05) is 0 Å².